The summed E-state index contributed by atoms with van der Waals surface area (Å²) in [5, 5.41) is 5.73. The van der Waals surface area contributed by atoms with Gasteiger partial charge in [-0.1, -0.05) is 0 Å². The number of amides is 2. The highest BCUT2D eigenvalue weighted by Gasteiger charge is 2.25. The zero-order chi connectivity index (χ0) is 14.5. The van der Waals surface area contributed by atoms with Crippen molar-refractivity contribution in [3.05, 3.63) is 42.0 Å². The maximum absolute atomic E-state index is 12.2. The fourth-order valence-corrected chi connectivity index (χ4v) is 2.97. The number of ether oxygens (including phenoxy) is 1. The van der Waals surface area contributed by atoms with Crippen molar-refractivity contribution in [2.75, 3.05) is 18.4 Å². The van der Waals surface area contributed by atoms with E-state index in [1.54, 1.807) is 12.4 Å². The fraction of sp³-hybridized carbons (Fsp3) is 0.333. The van der Waals surface area contributed by atoms with E-state index in [1.807, 2.05) is 34.5 Å². The number of rotatable bonds is 3. The summed E-state index contributed by atoms with van der Waals surface area (Å²) in [4.78, 5) is 18.0. The third-order valence-electron chi connectivity index (χ3n) is 3.37. The summed E-state index contributed by atoms with van der Waals surface area (Å²) < 4.78 is 5.91. The van der Waals surface area contributed by atoms with Crippen molar-refractivity contribution in [1.82, 2.24) is 9.88 Å². The summed E-state index contributed by atoms with van der Waals surface area (Å²) in [6, 6.07) is 7.44. The number of urea groups is 1. The molecule has 2 aromatic rings. The summed E-state index contributed by atoms with van der Waals surface area (Å²) in [7, 11) is 0. The molecule has 110 valence electrons. The van der Waals surface area contributed by atoms with Gasteiger partial charge in [-0.25, -0.2) is 4.79 Å². The Kier molecular flexibility index (Phi) is 4.35. The Morgan fingerprint density at radius 1 is 1.38 bits per heavy atom. The molecule has 0 aromatic carbocycles. The second-order valence-electron chi connectivity index (χ2n) is 4.92. The zero-order valence-corrected chi connectivity index (χ0v) is 12.4. The molecule has 21 heavy (non-hydrogen) atoms. The molecule has 0 saturated carbocycles. The van der Waals surface area contributed by atoms with Gasteiger partial charge >= 0.3 is 6.03 Å². The third kappa shape index (κ3) is 3.72. The van der Waals surface area contributed by atoms with Crippen LogP contribution in [-0.4, -0.2) is 35.1 Å². The van der Waals surface area contributed by atoms with Crippen LogP contribution in [0.4, 0.5) is 9.80 Å². The van der Waals surface area contributed by atoms with Crippen molar-refractivity contribution in [3.63, 3.8) is 0 Å². The number of hydrogen-bond acceptors (Lipinski definition) is 4. The van der Waals surface area contributed by atoms with Crippen LogP contribution in [0, 0.1) is 0 Å². The Bertz CT molecular complexity index is 574. The lowest BCUT2D eigenvalue weighted by Gasteiger charge is -2.32. The van der Waals surface area contributed by atoms with Gasteiger partial charge in [0.25, 0.3) is 0 Å². The van der Waals surface area contributed by atoms with Gasteiger partial charge in [0.15, 0.2) is 0 Å². The SMILES string of the molecule is O=C(Nc1cccs1)N1CCCC(Oc2ccncc2)C1. The standard InChI is InChI=1S/C15H17N3O2S/c19-15(17-14-4-2-10-21-14)18-9-1-3-13(11-18)20-12-5-7-16-8-6-12/h2,4-8,10,13H,1,3,9,11H2,(H,17,19). The van der Waals surface area contributed by atoms with Gasteiger partial charge in [-0.05, 0) is 42.5 Å². The van der Waals surface area contributed by atoms with Crippen LogP contribution in [0.1, 0.15) is 12.8 Å². The number of piperidine rings is 1. The lowest BCUT2D eigenvalue weighted by Crippen LogP contribution is -2.46. The molecule has 1 atom stereocenters. The number of thiophene rings is 1. The van der Waals surface area contributed by atoms with E-state index < -0.39 is 0 Å². The van der Waals surface area contributed by atoms with Gasteiger partial charge in [0.05, 0.1) is 11.5 Å². The molecule has 1 aliphatic rings. The average molecular weight is 303 g/mol. The van der Waals surface area contributed by atoms with E-state index in [9.17, 15) is 4.79 Å². The van der Waals surface area contributed by atoms with E-state index in [2.05, 4.69) is 10.3 Å². The Balaban J connectivity index is 1.56. The number of nitrogens with one attached hydrogen (secondary N) is 1. The number of pyridine rings is 1. The van der Waals surface area contributed by atoms with Crippen LogP contribution in [0.25, 0.3) is 0 Å². The minimum absolute atomic E-state index is 0.0373. The van der Waals surface area contributed by atoms with Crippen LogP contribution in [0.3, 0.4) is 0 Å². The van der Waals surface area contributed by atoms with Gasteiger partial charge in [0.2, 0.25) is 0 Å². The monoisotopic (exact) mass is 303 g/mol. The molecule has 5 nitrogen and oxygen atoms in total. The summed E-state index contributed by atoms with van der Waals surface area (Å²) in [6.07, 6.45) is 5.37. The van der Waals surface area contributed by atoms with E-state index in [0.717, 1.165) is 30.1 Å². The predicted octanol–water partition coefficient (Wildman–Crippen LogP) is 3.22. The molecule has 0 aliphatic carbocycles. The Hall–Kier alpha value is -2.08. The molecule has 3 rings (SSSR count). The topological polar surface area (TPSA) is 54.5 Å². The fourth-order valence-electron chi connectivity index (χ4n) is 2.36. The van der Waals surface area contributed by atoms with Gasteiger partial charge in [-0.15, -0.1) is 11.3 Å². The Morgan fingerprint density at radius 2 is 2.24 bits per heavy atom. The smallest absolute Gasteiger partial charge is 0.322 e. The first-order chi connectivity index (χ1) is 10.3. The lowest BCUT2D eigenvalue weighted by atomic mass is 10.1. The number of hydrogen-bond donors (Lipinski definition) is 1. The van der Waals surface area contributed by atoms with Crippen LogP contribution >= 0.6 is 11.3 Å². The summed E-state index contributed by atoms with van der Waals surface area (Å²) in [5.41, 5.74) is 0. The van der Waals surface area contributed by atoms with Crippen LogP contribution in [0.5, 0.6) is 5.75 Å². The van der Waals surface area contributed by atoms with Crippen LogP contribution in [-0.2, 0) is 0 Å². The normalized spacial score (nSPS) is 18.3. The molecule has 3 heterocycles. The molecule has 0 bridgehead atoms. The number of carbonyl (C=O) groups is 1. The second-order valence-corrected chi connectivity index (χ2v) is 5.87. The number of carbonyl (C=O) groups excluding carboxylic acids is 1. The van der Waals surface area contributed by atoms with Crippen molar-refractivity contribution in [3.8, 4) is 5.75 Å². The van der Waals surface area contributed by atoms with Crippen LogP contribution in [0.15, 0.2) is 42.0 Å². The maximum Gasteiger partial charge on any atom is 0.322 e. The van der Waals surface area contributed by atoms with Gasteiger partial charge < -0.3 is 9.64 Å². The van der Waals surface area contributed by atoms with Crippen molar-refractivity contribution >= 4 is 22.4 Å². The highest BCUT2D eigenvalue weighted by molar-refractivity contribution is 7.14. The van der Waals surface area contributed by atoms with Crippen LogP contribution in [0.2, 0.25) is 0 Å². The molecule has 1 N–H and O–H groups in total. The molecule has 2 aromatic heterocycles. The molecule has 1 aliphatic heterocycles. The summed E-state index contributed by atoms with van der Waals surface area (Å²) >= 11 is 1.52. The molecule has 2 amide bonds. The number of aromatic nitrogens is 1. The summed E-state index contributed by atoms with van der Waals surface area (Å²) in [5.74, 6) is 0.801. The number of likely N-dealkylation sites (tertiary alicyclic amines) is 1. The number of anilines is 1. The largest absolute Gasteiger partial charge is 0.488 e. The molecule has 0 radical (unpaired) electrons. The molecular weight excluding hydrogens is 286 g/mol. The van der Waals surface area contributed by atoms with Gasteiger partial charge in [-0.3, -0.25) is 10.3 Å². The molecule has 1 unspecified atom stereocenters. The van der Waals surface area contributed by atoms with Gasteiger partial charge in [0.1, 0.15) is 11.9 Å². The zero-order valence-electron chi connectivity index (χ0n) is 11.6. The Labute approximate surface area is 127 Å². The molecule has 6 heteroatoms. The van der Waals surface area contributed by atoms with E-state index >= 15 is 0 Å². The van der Waals surface area contributed by atoms with Gasteiger partial charge in [0, 0.05) is 18.9 Å². The van der Waals surface area contributed by atoms with Gasteiger partial charge in [-0.2, -0.15) is 0 Å². The molecule has 1 fully saturated rings. The van der Waals surface area contributed by atoms with E-state index in [4.69, 9.17) is 4.74 Å². The Morgan fingerprint density at radius 3 is 3.00 bits per heavy atom. The molecule has 0 spiro atoms. The third-order valence-corrected chi connectivity index (χ3v) is 4.15. The lowest BCUT2D eigenvalue weighted by molar-refractivity contribution is 0.106. The first-order valence-electron chi connectivity index (χ1n) is 6.97. The van der Waals surface area contributed by atoms with E-state index in [0.29, 0.717) is 6.54 Å². The van der Waals surface area contributed by atoms with Crippen molar-refractivity contribution in [2.24, 2.45) is 0 Å². The van der Waals surface area contributed by atoms with Crippen LogP contribution < -0.4 is 10.1 Å². The second kappa shape index (κ2) is 6.58. The highest BCUT2D eigenvalue weighted by Crippen LogP contribution is 2.20. The van der Waals surface area contributed by atoms with E-state index in [1.165, 1.54) is 11.3 Å². The molecular formula is C15H17N3O2S. The first-order valence-corrected chi connectivity index (χ1v) is 7.85. The van der Waals surface area contributed by atoms with E-state index in [-0.39, 0.29) is 12.1 Å². The minimum atomic E-state index is -0.0551. The summed E-state index contributed by atoms with van der Waals surface area (Å²) in [6.45, 7) is 1.38. The number of nitrogens with zero attached hydrogens (tertiary/aromatic N) is 2. The first kappa shape index (κ1) is 13.9. The molecule has 1 saturated heterocycles. The van der Waals surface area contributed by atoms with Crippen molar-refractivity contribution in [1.29, 1.82) is 0 Å². The predicted molar refractivity (Wildman–Crippen MR) is 82.8 cm³/mol. The quantitative estimate of drug-likeness (QED) is 0.947. The maximum atomic E-state index is 12.2. The average Bonchev–Trinajstić information content (AvgIpc) is 3.01. The highest BCUT2D eigenvalue weighted by atomic mass is 32.1. The minimum Gasteiger partial charge on any atom is -0.488 e. The van der Waals surface area contributed by atoms with Crippen molar-refractivity contribution in [2.45, 2.75) is 18.9 Å². The van der Waals surface area contributed by atoms with Crippen molar-refractivity contribution < 1.29 is 9.53 Å².